The Hall–Kier alpha value is -3.96. The molecule has 0 radical (unpaired) electrons. The average Bonchev–Trinajstić information content (AvgIpc) is 2.99. The molecule has 0 heterocycles. The molecule has 0 saturated heterocycles. The molecular formula is C31H21Cl3F3N3O3S. The summed E-state index contributed by atoms with van der Waals surface area (Å²) in [5.74, 6) is -2.01. The molecule has 13 heteroatoms. The summed E-state index contributed by atoms with van der Waals surface area (Å²) in [6.45, 7) is 0. The molecule has 0 unspecified atom stereocenters. The summed E-state index contributed by atoms with van der Waals surface area (Å²) in [6.07, 6.45) is -3.32. The Labute approximate surface area is 269 Å². The van der Waals surface area contributed by atoms with E-state index in [0.717, 1.165) is 23.9 Å². The van der Waals surface area contributed by atoms with Crippen molar-refractivity contribution in [3.63, 3.8) is 0 Å². The highest BCUT2D eigenvalue weighted by Crippen LogP contribution is 2.36. The van der Waals surface area contributed by atoms with Crippen molar-refractivity contribution in [3.8, 4) is 0 Å². The van der Waals surface area contributed by atoms with E-state index in [1.807, 2.05) is 0 Å². The van der Waals surface area contributed by atoms with E-state index in [-0.39, 0.29) is 26.5 Å². The number of rotatable bonds is 9. The van der Waals surface area contributed by atoms with E-state index in [1.54, 1.807) is 72.8 Å². The predicted octanol–water partition coefficient (Wildman–Crippen LogP) is 8.81. The number of nitrogens with one attached hydrogen (secondary N) is 3. The van der Waals surface area contributed by atoms with Crippen LogP contribution in [0.3, 0.4) is 0 Å². The molecule has 6 nitrogen and oxygen atoms in total. The largest absolute Gasteiger partial charge is 0.418 e. The number of thioether (sulfide) groups is 1. The van der Waals surface area contributed by atoms with E-state index in [0.29, 0.717) is 21.7 Å². The van der Waals surface area contributed by atoms with Crippen molar-refractivity contribution in [3.05, 3.63) is 128 Å². The van der Waals surface area contributed by atoms with Crippen molar-refractivity contribution in [1.29, 1.82) is 0 Å². The first kappa shape index (κ1) is 32.9. The molecule has 0 saturated carbocycles. The summed E-state index contributed by atoms with van der Waals surface area (Å²) in [6, 6.07) is 22.6. The molecule has 0 spiro atoms. The van der Waals surface area contributed by atoms with Gasteiger partial charge in [0.05, 0.1) is 17.0 Å². The van der Waals surface area contributed by atoms with Crippen molar-refractivity contribution in [2.75, 3.05) is 16.4 Å². The topological polar surface area (TPSA) is 87.3 Å². The van der Waals surface area contributed by atoms with E-state index in [9.17, 15) is 27.6 Å². The van der Waals surface area contributed by atoms with Crippen LogP contribution in [-0.2, 0) is 15.8 Å². The zero-order valence-corrected chi connectivity index (χ0v) is 25.4. The molecule has 0 aliphatic carbocycles. The SMILES string of the molecule is O=C(CSc1ccc(NC(=O)/C(=C/c2c(Cl)cccc2Cl)NC(=O)c2ccccc2)cc1)Nc1ccc(Cl)cc1C(F)(F)F. The fourth-order valence-corrected chi connectivity index (χ4v) is 5.14. The van der Waals surface area contributed by atoms with Gasteiger partial charge in [0.1, 0.15) is 5.70 Å². The number of hydrogen-bond donors (Lipinski definition) is 3. The van der Waals surface area contributed by atoms with Gasteiger partial charge in [-0.25, -0.2) is 0 Å². The van der Waals surface area contributed by atoms with Crippen LogP contribution in [0.5, 0.6) is 0 Å². The summed E-state index contributed by atoms with van der Waals surface area (Å²) < 4.78 is 39.9. The second kappa shape index (κ2) is 14.7. The van der Waals surface area contributed by atoms with Gasteiger partial charge in [0.15, 0.2) is 0 Å². The maximum absolute atomic E-state index is 13.3. The van der Waals surface area contributed by atoms with Gasteiger partial charge >= 0.3 is 6.18 Å². The first-order valence-electron chi connectivity index (χ1n) is 12.6. The number of halogens is 6. The summed E-state index contributed by atoms with van der Waals surface area (Å²) >= 11 is 19.3. The highest BCUT2D eigenvalue weighted by molar-refractivity contribution is 8.00. The minimum Gasteiger partial charge on any atom is -0.325 e. The lowest BCUT2D eigenvalue weighted by Gasteiger charge is -2.14. The lowest BCUT2D eigenvalue weighted by atomic mass is 10.1. The van der Waals surface area contributed by atoms with Crippen molar-refractivity contribution >= 4 is 81.7 Å². The third-order valence-corrected chi connectivity index (χ3v) is 7.77. The van der Waals surface area contributed by atoms with E-state index in [1.165, 1.54) is 12.1 Å². The van der Waals surface area contributed by atoms with Crippen LogP contribution in [0.15, 0.2) is 102 Å². The monoisotopic (exact) mass is 677 g/mol. The second-order valence-corrected chi connectivity index (χ2v) is 11.3. The smallest absolute Gasteiger partial charge is 0.325 e. The van der Waals surface area contributed by atoms with Crippen molar-refractivity contribution in [2.24, 2.45) is 0 Å². The van der Waals surface area contributed by atoms with Crippen LogP contribution >= 0.6 is 46.6 Å². The Morgan fingerprint density at radius 1 is 0.795 bits per heavy atom. The number of carbonyl (C=O) groups is 3. The van der Waals surface area contributed by atoms with Gasteiger partial charge in [-0.1, -0.05) is 59.1 Å². The molecule has 0 aliphatic heterocycles. The van der Waals surface area contributed by atoms with Crippen LogP contribution in [0, 0.1) is 0 Å². The first-order chi connectivity index (χ1) is 20.9. The van der Waals surface area contributed by atoms with Crippen LogP contribution in [0.4, 0.5) is 24.5 Å². The molecule has 226 valence electrons. The van der Waals surface area contributed by atoms with Gasteiger partial charge < -0.3 is 16.0 Å². The highest BCUT2D eigenvalue weighted by Gasteiger charge is 2.34. The lowest BCUT2D eigenvalue weighted by Crippen LogP contribution is -2.30. The van der Waals surface area contributed by atoms with Crippen molar-refractivity contribution in [2.45, 2.75) is 11.1 Å². The van der Waals surface area contributed by atoms with Crippen molar-refractivity contribution in [1.82, 2.24) is 5.32 Å². The van der Waals surface area contributed by atoms with Gasteiger partial charge in [-0.2, -0.15) is 13.2 Å². The Bertz CT molecular complexity index is 1700. The van der Waals surface area contributed by atoms with E-state index in [4.69, 9.17) is 34.8 Å². The third-order valence-electron chi connectivity index (χ3n) is 5.86. The van der Waals surface area contributed by atoms with Gasteiger partial charge in [0.2, 0.25) is 5.91 Å². The van der Waals surface area contributed by atoms with Crippen LogP contribution in [0.1, 0.15) is 21.5 Å². The number of hydrogen-bond acceptors (Lipinski definition) is 4. The van der Waals surface area contributed by atoms with Crippen LogP contribution in [0.25, 0.3) is 6.08 Å². The quantitative estimate of drug-likeness (QED) is 0.122. The zero-order chi connectivity index (χ0) is 31.9. The normalized spacial score (nSPS) is 11.5. The van der Waals surface area contributed by atoms with Crippen LogP contribution < -0.4 is 16.0 Å². The minimum atomic E-state index is -4.69. The van der Waals surface area contributed by atoms with Gasteiger partial charge in [0.25, 0.3) is 11.8 Å². The van der Waals surface area contributed by atoms with Gasteiger partial charge in [-0.05, 0) is 72.8 Å². The number of benzene rings is 4. The molecule has 0 atom stereocenters. The van der Waals surface area contributed by atoms with E-state index in [2.05, 4.69) is 16.0 Å². The summed E-state index contributed by atoms with van der Waals surface area (Å²) in [7, 11) is 0. The number of alkyl halides is 3. The molecule has 0 aliphatic rings. The van der Waals surface area contributed by atoms with Gasteiger partial charge in [-0.3, -0.25) is 14.4 Å². The van der Waals surface area contributed by atoms with Crippen LogP contribution in [-0.4, -0.2) is 23.5 Å². The Kier molecular flexibility index (Phi) is 11.0. The van der Waals surface area contributed by atoms with Crippen molar-refractivity contribution < 1.29 is 27.6 Å². The summed E-state index contributed by atoms with van der Waals surface area (Å²) in [4.78, 5) is 39.1. The fraction of sp³-hybridized carbons (Fsp3) is 0.0645. The number of amides is 3. The second-order valence-electron chi connectivity index (χ2n) is 9.02. The highest BCUT2D eigenvalue weighted by atomic mass is 35.5. The third kappa shape index (κ3) is 9.03. The predicted molar refractivity (Wildman–Crippen MR) is 169 cm³/mol. The average molecular weight is 679 g/mol. The summed E-state index contributed by atoms with van der Waals surface area (Å²) in [5.41, 5.74) is -0.539. The molecule has 3 amide bonds. The molecule has 44 heavy (non-hydrogen) atoms. The maximum Gasteiger partial charge on any atom is 0.418 e. The van der Waals surface area contributed by atoms with E-state index >= 15 is 0 Å². The molecule has 4 rings (SSSR count). The molecule has 0 aromatic heterocycles. The Balaban J connectivity index is 1.43. The standard InChI is InChI=1S/C31H21Cl3F3N3O3S/c32-19-9-14-26(23(15-19)31(35,36)37)39-28(41)17-44-21-12-10-20(11-13-21)38-30(43)27(16-22-24(33)7-4-8-25(22)34)40-29(42)18-5-2-1-3-6-18/h1-16H,17H2,(H,38,43)(H,39,41)(H,40,42)/b27-16-. The Morgan fingerprint density at radius 2 is 1.45 bits per heavy atom. The first-order valence-corrected chi connectivity index (χ1v) is 14.8. The number of carbonyl (C=O) groups excluding carboxylic acids is 3. The minimum absolute atomic E-state index is 0.106. The number of anilines is 2. The Morgan fingerprint density at radius 3 is 2.09 bits per heavy atom. The van der Waals surface area contributed by atoms with E-state index < -0.39 is 35.1 Å². The molecule has 0 bridgehead atoms. The molecular weight excluding hydrogens is 658 g/mol. The van der Waals surface area contributed by atoms with Gasteiger partial charge in [-0.15, -0.1) is 11.8 Å². The fourth-order valence-electron chi connectivity index (χ4n) is 3.76. The molecule has 0 fully saturated rings. The van der Waals surface area contributed by atoms with Crippen LogP contribution in [0.2, 0.25) is 15.1 Å². The summed E-state index contributed by atoms with van der Waals surface area (Å²) in [5, 5.41) is 8.00. The zero-order valence-electron chi connectivity index (χ0n) is 22.3. The maximum atomic E-state index is 13.3. The van der Waals surface area contributed by atoms with Gasteiger partial charge in [0, 0.05) is 36.8 Å². The molecule has 4 aromatic rings. The molecule has 3 N–H and O–H groups in total. The molecule has 4 aromatic carbocycles. The lowest BCUT2D eigenvalue weighted by molar-refractivity contribution is -0.137.